The average molecular weight is 399 g/mol. The summed E-state index contributed by atoms with van der Waals surface area (Å²) in [6.07, 6.45) is -3.50. The van der Waals surface area contributed by atoms with Gasteiger partial charge < -0.3 is 19.3 Å². The molecule has 1 aliphatic heterocycles. The number of aliphatic hydroxyl groups excluding tert-OH is 1. The van der Waals surface area contributed by atoms with Gasteiger partial charge in [0.1, 0.15) is 18.8 Å². The predicted octanol–water partition coefficient (Wildman–Crippen LogP) is 0.0697. The highest BCUT2D eigenvalue weighted by atomic mass is 16.6. The third-order valence-electron chi connectivity index (χ3n) is 4.11. The van der Waals surface area contributed by atoms with E-state index in [9.17, 15) is 19.5 Å². The first-order chi connectivity index (χ1) is 13.1. The zero-order valence-corrected chi connectivity index (χ0v) is 16.1. The summed E-state index contributed by atoms with van der Waals surface area (Å²) in [7, 11) is 0. The maximum absolute atomic E-state index is 12.1. The quantitative estimate of drug-likeness (QED) is 0.424. The van der Waals surface area contributed by atoms with Crippen molar-refractivity contribution in [1.29, 1.82) is 0 Å². The molecule has 0 amide bonds. The summed E-state index contributed by atoms with van der Waals surface area (Å²) >= 11 is 0. The van der Waals surface area contributed by atoms with Crippen molar-refractivity contribution in [3.05, 3.63) is 22.7 Å². The fourth-order valence-electron chi connectivity index (χ4n) is 2.50. The number of hydrogen-bond acceptors (Lipinski definition) is 10. The Labute approximate surface area is 161 Å². The lowest BCUT2D eigenvalue weighted by molar-refractivity contribution is -0.164. The smallest absolute Gasteiger partial charge is 0.351 e. The van der Waals surface area contributed by atoms with E-state index in [-0.39, 0.29) is 18.3 Å². The van der Waals surface area contributed by atoms with Gasteiger partial charge in [0.25, 0.3) is 0 Å². The minimum absolute atomic E-state index is 0.0843. The monoisotopic (exact) mass is 399 g/mol. The summed E-state index contributed by atoms with van der Waals surface area (Å²) in [6, 6.07) is 1.29. The van der Waals surface area contributed by atoms with Crippen LogP contribution in [0.25, 0.3) is 0 Å². The molecule has 1 fully saturated rings. The molecule has 0 unspecified atom stereocenters. The molecule has 3 N–H and O–H groups in total. The highest BCUT2D eigenvalue weighted by Crippen LogP contribution is 2.31. The molecule has 11 nitrogen and oxygen atoms in total. The van der Waals surface area contributed by atoms with Gasteiger partial charge in [-0.05, 0) is 6.07 Å². The van der Waals surface area contributed by atoms with Gasteiger partial charge in [-0.15, -0.1) is 0 Å². The Kier molecular flexibility index (Phi) is 7.11. The van der Waals surface area contributed by atoms with Crippen LogP contribution in [-0.2, 0) is 23.8 Å². The fraction of sp³-hybridized carbons (Fsp3) is 0.647. The highest BCUT2D eigenvalue weighted by molar-refractivity contribution is 5.72. The molecule has 0 bridgehead atoms. The van der Waals surface area contributed by atoms with E-state index in [1.54, 1.807) is 33.2 Å². The topological polar surface area (TPSA) is 149 Å². The molecule has 2 heterocycles. The average Bonchev–Trinajstić information content (AvgIpc) is 2.95. The van der Waals surface area contributed by atoms with Crippen LogP contribution in [0.2, 0.25) is 0 Å². The minimum atomic E-state index is -1.40. The molecule has 4 atom stereocenters. The number of aliphatic hydroxyl groups is 1. The lowest BCUT2D eigenvalue weighted by Gasteiger charge is -2.22. The van der Waals surface area contributed by atoms with Gasteiger partial charge >= 0.3 is 17.6 Å². The highest BCUT2D eigenvalue weighted by Gasteiger charge is 2.48. The minimum Gasteiger partial charge on any atom is -0.463 e. The predicted molar refractivity (Wildman–Crippen MR) is 94.3 cm³/mol. The van der Waals surface area contributed by atoms with Gasteiger partial charge in [0.05, 0.1) is 11.8 Å². The first-order valence-corrected chi connectivity index (χ1v) is 8.85. The first-order valence-electron chi connectivity index (χ1n) is 8.85. The number of nitrogens with zero attached hydrogens (tertiary/aromatic N) is 2. The van der Waals surface area contributed by atoms with E-state index in [1.807, 2.05) is 0 Å². The second-order valence-corrected chi connectivity index (χ2v) is 7.01. The molecule has 1 aromatic rings. The number of nitrogens with one attached hydrogen (secondary N) is 1. The van der Waals surface area contributed by atoms with E-state index in [2.05, 4.69) is 4.98 Å². The zero-order chi connectivity index (χ0) is 21.0. The van der Waals surface area contributed by atoms with E-state index in [0.29, 0.717) is 0 Å². The van der Waals surface area contributed by atoms with Crippen LogP contribution in [0.5, 0.6) is 0 Å². The SMILES string of the molecule is CC(C)C(=O)OC[C@H]1O[C@@H](n2ccc(NO)nc2=O)[C@H](O)[C@@H]1OC(=O)C(C)C. The molecular formula is C17H25N3O8. The Morgan fingerprint density at radius 1 is 1.29 bits per heavy atom. The molecule has 11 heteroatoms. The number of hydrogen-bond donors (Lipinski definition) is 3. The fourth-order valence-corrected chi connectivity index (χ4v) is 2.50. The van der Waals surface area contributed by atoms with Crippen molar-refractivity contribution < 1.29 is 34.1 Å². The third-order valence-corrected chi connectivity index (χ3v) is 4.11. The molecule has 2 rings (SSSR count). The molecule has 0 radical (unpaired) electrons. The van der Waals surface area contributed by atoms with Crippen LogP contribution in [0.4, 0.5) is 5.82 Å². The maximum atomic E-state index is 12.1. The number of rotatable bonds is 7. The van der Waals surface area contributed by atoms with Crippen LogP contribution in [0, 0.1) is 11.8 Å². The van der Waals surface area contributed by atoms with Gasteiger partial charge in [0, 0.05) is 6.20 Å². The Morgan fingerprint density at radius 3 is 2.46 bits per heavy atom. The number of carbonyl (C=O) groups is 2. The molecule has 1 aromatic heterocycles. The summed E-state index contributed by atoms with van der Waals surface area (Å²) < 4.78 is 17.1. The third kappa shape index (κ3) is 4.86. The van der Waals surface area contributed by atoms with Crippen molar-refractivity contribution in [3.63, 3.8) is 0 Å². The Balaban J connectivity index is 2.25. The molecule has 1 aliphatic rings. The van der Waals surface area contributed by atoms with Crippen molar-refractivity contribution in [2.24, 2.45) is 11.8 Å². The molecule has 0 saturated carbocycles. The van der Waals surface area contributed by atoms with Gasteiger partial charge in [-0.25, -0.2) is 4.79 Å². The van der Waals surface area contributed by atoms with Crippen molar-refractivity contribution >= 4 is 17.8 Å². The van der Waals surface area contributed by atoms with E-state index < -0.39 is 48.1 Å². The lowest BCUT2D eigenvalue weighted by Crippen LogP contribution is -2.40. The van der Waals surface area contributed by atoms with E-state index >= 15 is 0 Å². The van der Waals surface area contributed by atoms with Crippen LogP contribution >= 0.6 is 0 Å². The number of esters is 2. The summed E-state index contributed by atoms with van der Waals surface area (Å²) in [5, 5.41) is 19.5. The van der Waals surface area contributed by atoms with E-state index in [0.717, 1.165) is 4.57 Å². The van der Waals surface area contributed by atoms with Crippen molar-refractivity contribution in [1.82, 2.24) is 9.55 Å². The van der Waals surface area contributed by atoms with Gasteiger partial charge in [-0.1, -0.05) is 27.7 Å². The van der Waals surface area contributed by atoms with Crippen LogP contribution < -0.4 is 11.2 Å². The van der Waals surface area contributed by atoms with Crippen LogP contribution in [0.1, 0.15) is 33.9 Å². The normalized spacial score (nSPS) is 24.4. The first kappa shape index (κ1) is 21.8. The van der Waals surface area contributed by atoms with Crippen LogP contribution in [0.3, 0.4) is 0 Å². The molecule has 0 aliphatic carbocycles. The standard InChI is InChI=1S/C17H25N3O8/c1-8(2)15(22)26-7-10-13(28-16(23)9(3)4)12(21)14(27-10)20-6-5-11(19-25)18-17(20)24/h5-6,8-10,12-14,21,25H,7H2,1-4H3,(H,18,19,24)/t10-,12-,13-,14-/m1/s1. The Morgan fingerprint density at radius 2 is 1.93 bits per heavy atom. The molecular weight excluding hydrogens is 374 g/mol. The molecule has 0 spiro atoms. The second kappa shape index (κ2) is 9.13. The second-order valence-electron chi connectivity index (χ2n) is 7.01. The summed E-state index contributed by atoms with van der Waals surface area (Å²) in [5.74, 6) is -1.96. The van der Waals surface area contributed by atoms with Gasteiger partial charge in [0.2, 0.25) is 0 Å². The Hall–Kier alpha value is -2.50. The van der Waals surface area contributed by atoms with E-state index in [4.69, 9.17) is 19.4 Å². The largest absolute Gasteiger partial charge is 0.463 e. The number of ether oxygens (including phenoxy) is 3. The molecule has 0 aromatic carbocycles. The molecule has 1 saturated heterocycles. The van der Waals surface area contributed by atoms with Crippen molar-refractivity contribution in [2.45, 2.75) is 52.2 Å². The molecule has 28 heavy (non-hydrogen) atoms. The van der Waals surface area contributed by atoms with Crippen molar-refractivity contribution in [2.75, 3.05) is 12.1 Å². The Bertz CT molecular complexity index is 763. The number of carbonyl (C=O) groups excluding carboxylic acids is 2. The number of anilines is 1. The number of aromatic nitrogens is 2. The van der Waals surface area contributed by atoms with Gasteiger partial charge in [-0.2, -0.15) is 4.98 Å². The van der Waals surface area contributed by atoms with Crippen LogP contribution in [0.15, 0.2) is 17.1 Å². The van der Waals surface area contributed by atoms with Gasteiger partial charge in [-0.3, -0.25) is 24.8 Å². The van der Waals surface area contributed by atoms with Gasteiger partial charge in [0.15, 0.2) is 18.1 Å². The summed E-state index contributed by atoms with van der Waals surface area (Å²) in [4.78, 5) is 39.5. The zero-order valence-electron chi connectivity index (χ0n) is 16.1. The van der Waals surface area contributed by atoms with E-state index in [1.165, 1.54) is 12.3 Å². The molecule has 156 valence electrons. The van der Waals surface area contributed by atoms with Crippen LogP contribution in [-0.4, -0.2) is 56.7 Å². The summed E-state index contributed by atoms with van der Waals surface area (Å²) in [6.45, 7) is 6.32. The maximum Gasteiger partial charge on any atom is 0.351 e. The lowest BCUT2D eigenvalue weighted by atomic mass is 10.1. The summed E-state index contributed by atoms with van der Waals surface area (Å²) in [5.41, 5.74) is 0.933. The van der Waals surface area contributed by atoms with Crippen molar-refractivity contribution in [3.8, 4) is 0 Å².